The van der Waals surface area contributed by atoms with Gasteiger partial charge in [0.05, 0.1) is 12.6 Å². The Morgan fingerprint density at radius 1 is 1.03 bits per heavy atom. The van der Waals surface area contributed by atoms with E-state index in [0.717, 1.165) is 37.7 Å². The van der Waals surface area contributed by atoms with Gasteiger partial charge in [-0.2, -0.15) is 0 Å². The summed E-state index contributed by atoms with van der Waals surface area (Å²) in [7, 11) is 0. The van der Waals surface area contributed by atoms with Gasteiger partial charge in [-0.05, 0) is 23.3 Å². The minimum absolute atomic E-state index is 0.0134. The zero-order valence-electron chi connectivity index (χ0n) is 17.2. The van der Waals surface area contributed by atoms with Crippen LogP contribution < -0.4 is 0 Å². The standard InChI is InChI=1S/C24H29ClN2O3/c1-2-17-30-23(28)19-29-18-16-26-12-14-27(15-13-26)24(20-6-4-3-5-7-20)21-8-10-22(25)11-9-21/h2-11,24H,1,12-19H2. The smallest absolute Gasteiger partial charge is 0.332 e. The van der Waals surface area contributed by atoms with Crippen LogP contribution in [-0.4, -0.2) is 68.3 Å². The van der Waals surface area contributed by atoms with Crippen LogP contribution in [0.5, 0.6) is 0 Å². The number of hydrogen-bond donors (Lipinski definition) is 0. The summed E-state index contributed by atoms with van der Waals surface area (Å²) >= 11 is 6.11. The first-order valence-corrected chi connectivity index (χ1v) is 10.7. The number of ether oxygens (including phenoxy) is 2. The number of carbonyl (C=O) groups excluding carboxylic acids is 1. The molecule has 1 aliphatic rings. The van der Waals surface area contributed by atoms with E-state index in [2.05, 4.69) is 52.8 Å². The van der Waals surface area contributed by atoms with Crippen LogP contribution in [0.4, 0.5) is 0 Å². The predicted octanol–water partition coefficient (Wildman–Crippen LogP) is 3.79. The Balaban J connectivity index is 1.52. The maximum absolute atomic E-state index is 11.4. The quantitative estimate of drug-likeness (QED) is 0.327. The molecule has 0 spiro atoms. The molecule has 0 aliphatic carbocycles. The molecule has 160 valence electrons. The van der Waals surface area contributed by atoms with Crippen LogP contribution in [0.25, 0.3) is 0 Å². The van der Waals surface area contributed by atoms with E-state index >= 15 is 0 Å². The summed E-state index contributed by atoms with van der Waals surface area (Å²) in [6.45, 7) is 8.89. The average Bonchev–Trinajstić information content (AvgIpc) is 2.78. The van der Waals surface area contributed by atoms with Crippen LogP contribution in [0, 0.1) is 0 Å². The lowest BCUT2D eigenvalue weighted by molar-refractivity contribution is -0.147. The van der Waals surface area contributed by atoms with E-state index in [-0.39, 0.29) is 25.2 Å². The van der Waals surface area contributed by atoms with Crippen LogP contribution in [0.3, 0.4) is 0 Å². The van der Waals surface area contributed by atoms with Crippen molar-refractivity contribution in [2.24, 2.45) is 0 Å². The summed E-state index contributed by atoms with van der Waals surface area (Å²) in [6.07, 6.45) is 1.55. The first kappa shape index (κ1) is 22.5. The topological polar surface area (TPSA) is 42.0 Å². The molecule has 1 heterocycles. The number of halogens is 1. The Kier molecular flexibility index (Phi) is 8.90. The molecule has 0 N–H and O–H groups in total. The van der Waals surface area contributed by atoms with Gasteiger partial charge < -0.3 is 9.47 Å². The van der Waals surface area contributed by atoms with Gasteiger partial charge in [-0.15, -0.1) is 0 Å². The summed E-state index contributed by atoms with van der Waals surface area (Å²) < 4.78 is 10.3. The molecule has 0 saturated carbocycles. The van der Waals surface area contributed by atoms with Crippen molar-refractivity contribution in [1.29, 1.82) is 0 Å². The van der Waals surface area contributed by atoms with Crippen LogP contribution in [-0.2, 0) is 14.3 Å². The van der Waals surface area contributed by atoms with Crippen molar-refractivity contribution in [3.63, 3.8) is 0 Å². The van der Waals surface area contributed by atoms with Crippen LogP contribution >= 0.6 is 11.6 Å². The van der Waals surface area contributed by atoms with Gasteiger partial charge in [-0.25, -0.2) is 4.79 Å². The minimum atomic E-state index is -0.353. The van der Waals surface area contributed by atoms with Crippen molar-refractivity contribution in [3.8, 4) is 0 Å². The Morgan fingerprint density at radius 3 is 2.37 bits per heavy atom. The molecule has 2 aromatic carbocycles. The average molecular weight is 429 g/mol. The third kappa shape index (κ3) is 6.67. The third-order valence-electron chi connectivity index (χ3n) is 5.21. The molecule has 30 heavy (non-hydrogen) atoms. The van der Waals surface area contributed by atoms with Crippen molar-refractivity contribution >= 4 is 17.6 Å². The third-order valence-corrected chi connectivity index (χ3v) is 5.46. The molecule has 5 nitrogen and oxygen atoms in total. The van der Waals surface area contributed by atoms with Crippen molar-refractivity contribution in [3.05, 3.63) is 83.4 Å². The molecule has 0 radical (unpaired) electrons. The van der Waals surface area contributed by atoms with Crippen LogP contribution in [0.2, 0.25) is 5.02 Å². The highest BCUT2D eigenvalue weighted by atomic mass is 35.5. The van der Waals surface area contributed by atoms with Gasteiger partial charge in [0.1, 0.15) is 13.2 Å². The van der Waals surface area contributed by atoms with E-state index in [1.54, 1.807) is 6.08 Å². The maximum Gasteiger partial charge on any atom is 0.332 e. The van der Waals surface area contributed by atoms with Gasteiger partial charge in [-0.3, -0.25) is 9.80 Å². The van der Waals surface area contributed by atoms with Gasteiger partial charge in [0, 0.05) is 37.7 Å². The van der Waals surface area contributed by atoms with Gasteiger partial charge in [0.2, 0.25) is 0 Å². The zero-order valence-corrected chi connectivity index (χ0v) is 18.0. The van der Waals surface area contributed by atoms with E-state index in [1.807, 2.05) is 18.2 Å². The number of carbonyl (C=O) groups is 1. The summed E-state index contributed by atoms with van der Waals surface area (Å²) in [6, 6.07) is 19.0. The van der Waals surface area contributed by atoms with Gasteiger partial charge in [0.15, 0.2) is 0 Å². The first-order chi connectivity index (χ1) is 14.7. The summed E-state index contributed by atoms with van der Waals surface area (Å²) in [4.78, 5) is 16.3. The Labute approximate surface area is 183 Å². The molecule has 1 aliphatic heterocycles. The van der Waals surface area contributed by atoms with Crippen molar-refractivity contribution in [2.45, 2.75) is 6.04 Å². The Morgan fingerprint density at radius 2 is 1.70 bits per heavy atom. The lowest BCUT2D eigenvalue weighted by Gasteiger charge is -2.39. The molecule has 1 saturated heterocycles. The molecule has 2 aromatic rings. The van der Waals surface area contributed by atoms with E-state index < -0.39 is 0 Å². The molecule has 1 atom stereocenters. The molecule has 3 rings (SSSR count). The van der Waals surface area contributed by atoms with Gasteiger partial charge >= 0.3 is 5.97 Å². The normalized spacial score (nSPS) is 16.2. The fourth-order valence-corrected chi connectivity index (χ4v) is 3.81. The molecule has 1 unspecified atom stereocenters. The molecular formula is C24H29ClN2O3. The molecule has 0 aromatic heterocycles. The number of esters is 1. The molecule has 0 amide bonds. The number of benzene rings is 2. The summed E-state index contributed by atoms with van der Waals surface area (Å²) in [5.74, 6) is -0.353. The number of piperazine rings is 1. The highest BCUT2D eigenvalue weighted by Gasteiger charge is 2.26. The molecule has 0 bridgehead atoms. The number of rotatable bonds is 10. The Hall–Kier alpha value is -2.18. The van der Waals surface area contributed by atoms with E-state index in [9.17, 15) is 4.79 Å². The lowest BCUT2D eigenvalue weighted by atomic mass is 9.96. The fraction of sp³-hybridized carbons (Fsp3) is 0.375. The first-order valence-electron chi connectivity index (χ1n) is 10.3. The van der Waals surface area contributed by atoms with Gasteiger partial charge in [0.25, 0.3) is 0 Å². The minimum Gasteiger partial charge on any atom is -0.460 e. The maximum atomic E-state index is 11.4. The van der Waals surface area contributed by atoms with Crippen LogP contribution in [0.1, 0.15) is 17.2 Å². The monoisotopic (exact) mass is 428 g/mol. The Bertz CT molecular complexity index is 790. The van der Waals surface area contributed by atoms with Crippen LogP contribution in [0.15, 0.2) is 67.3 Å². The van der Waals surface area contributed by atoms with Crippen molar-refractivity contribution in [2.75, 3.05) is 52.5 Å². The molecule has 1 fully saturated rings. The number of hydrogen-bond acceptors (Lipinski definition) is 5. The second-order valence-corrected chi connectivity index (χ2v) is 7.70. The molecule has 6 heteroatoms. The van der Waals surface area contributed by atoms with Crippen molar-refractivity contribution in [1.82, 2.24) is 9.80 Å². The fourth-order valence-electron chi connectivity index (χ4n) is 3.68. The molecular weight excluding hydrogens is 400 g/mol. The second-order valence-electron chi connectivity index (χ2n) is 7.27. The van der Waals surface area contributed by atoms with E-state index in [0.29, 0.717) is 6.61 Å². The number of nitrogens with zero attached hydrogens (tertiary/aromatic N) is 2. The second kappa shape index (κ2) is 11.9. The van der Waals surface area contributed by atoms with Crippen molar-refractivity contribution < 1.29 is 14.3 Å². The van der Waals surface area contributed by atoms with Gasteiger partial charge in [-0.1, -0.05) is 66.7 Å². The highest BCUT2D eigenvalue weighted by Crippen LogP contribution is 2.30. The lowest BCUT2D eigenvalue weighted by Crippen LogP contribution is -2.48. The largest absolute Gasteiger partial charge is 0.460 e. The van der Waals surface area contributed by atoms with E-state index in [4.69, 9.17) is 21.1 Å². The van der Waals surface area contributed by atoms with E-state index in [1.165, 1.54) is 11.1 Å². The predicted molar refractivity (Wildman–Crippen MR) is 120 cm³/mol. The zero-order chi connectivity index (χ0) is 21.2. The highest BCUT2D eigenvalue weighted by molar-refractivity contribution is 6.30. The summed E-state index contributed by atoms with van der Waals surface area (Å²) in [5.41, 5.74) is 2.54. The summed E-state index contributed by atoms with van der Waals surface area (Å²) in [5, 5.41) is 0.753. The SMILES string of the molecule is C=CCOC(=O)COCCN1CCN(C(c2ccccc2)c2ccc(Cl)cc2)CC1.